The molecular weight excluding hydrogens is 234 g/mol. The van der Waals surface area contributed by atoms with Crippen LogP contribution >= 0.6 is 11.3 Å². The van der Waals surface area contributed by atoms with Crippen molar-refractivity contribution in [2.75, 3.05) is 13.2 Å². The average molecular weight is 255 g/mol. The third kappa shape index (κ3) is 3.82. The van der Waals surface area contributed by atoms with Crippen molar-refractivity contribution < 1.29 is 9.90 Å². The van der Waals surface area contributed by atoms with Crippen LogP contribution < -0.4 is 5.32 Å². The molecule has 0 radical (unpaired) electrons. The Kier molecular flexibility index (Phi) is 5.65. The number of carbonyl (C=O) groups excluding carboxylic acids is 1. The molecule has 1 aromatic rings. The van der Waals surface area contributed by atoms with E-state index in [4.69, 9.17) is 5.11 Å². The van der Waals surface area contributed by atoms with Crippen LogP contribution in [0.2, 0.25) is 0 Å². The Balaban J connectivity index is 2.55. The summed E-state index contributed by atoms with van der Waals surface area (Å²) in [4.78, 5) is 11.8. The Morgan fingerprint density at radius 1 is 1.47 bits per heavy atom. The molecule has 0 aliphatic heterocycles. The highest BCUT2D eigenvalue weighted by molar-refractivity contribution is 7.08. The maximum atomic E-state index is 11.8. The van der Waals surface area contributed by atoms with Crippen LogP contribution in [0.5, 0.6) is 0 Å². The van der Waals surface area contributed by atoms with Gasteiger partial charge in [0.15, 0.2) is 0 Å². The molecule has 2 N–H and O–H groups in total. The van der Waals surface area contributed by atoms with E-state index in [0.717, 1.165) is 24.8 Å². The summed E-state index contributed by atoms with van der Waals surface area (Å²) in [6.07, 6.45) is 2.67. The summed E-state index contributed by atoms with van der Waals surface area (Å²) in [5, 5.41) is 15.8. The van der Waals surface area contributed by atoms with Gasteiger partial charge in [-0.05, 0) is 36.1 Å². The number of nitrogens with one attached hydrogen (secondary N) is 1. The average Bonchev–Trinajstić information content (AvgIpc) is 2.88. The van der Waals surface area contributed by atoms with Crippen LogP contribution in [0.15, 0.2) is 16.8 Å². The first-order valence-corrected chi connectivity index (χ1v) is 7.03. The van der Waals surface area contributed by atoms with Gasteiger partial charge in [0, 0.05) is 24.1 Å². The fraction of sp³-hybridized carbons (Fsp3) is 0.615. The van der Waals surface area contributed by atoms with Gasteiger partial charge in [-0.15, -0.1) is 0 Å². The number of hydrogen-bond donors (Lipinski definition) is 2. The predicted molar refractivity (Wildman–Crippen MR) is 71.4 cm³/mol. The molecule has 17 heavy (non-hydrogen) atoms. The van der Waals surface area contributed by atoms with Gasteiger partial charge in [-0.2, -0.15) is 11.3 Å². The van der Waals surface area contributed by atoms with Crippen LogP contribution in [-0.4, -0.2) is 24.2 Å². The fourth-order valence-electron chi connectivity index (χ4n) is 1.94. The van der Waals surface area contributed by atoms with Crippen molar-refractivity contribution in [3.8, 4) is 0 Å². The van der Waals surface area contributed by atoms with E-state index in [2.05, 4.69) is 19.2 Å². The summed E-state index contributed by atoms with van der Waals surface area (Å²) >= 11 is 1.52. The highest BCUT2D eigenvalue weighted by Gasteiger charge is 2.26. The van der Waals surface area contributed by atoms with E-state index < -0.39 is 0 Å². The minimum Gasteiger partial charge on any atom is -0.396 e. The predicted octanol–water partition coefficient (Wildman–Crippen LogP) is 2.67. The second kappa shape index (κ2) is 6.77. The molecule has 0 fully saturated rings. The van der Waals surface area contributed by atoms with Crippen LogP contribution in [0.1, 0.15) is 43.5 Å². The number of hydrogen-bond acceptors (Lipinski definition) is 3. The van der Waals surface area contributed by atoms with Crippen molar-refractivity contribution in [3.63, 3.8) is 0 Å². The van der Waals surface area contributed by atoms with Crippen molar-refractivity contribution in [2.45, 2.75) is 33.1 Å². The van der Waals surface area contributed by atoms with E-state index in [0.29, 0.717) is 6.54 Å². The Bertz CT molecular complexity index is 331. The molecule has 3 nitrogen and oxygen atoms in total. The lowest BCUT2D eigenvalue weighted by Crippen LogP contribution is -2.37. The maximum Gasteiger partial charge on any atom is 0.252 e. The lowest BCUT2D eigenvalue weighted by molar-refractivity contribution is 0.0908. The lowest BCUT2D eigenvalue weighted by atomic mass is 9.79. The minimum atomic E-state index is -0.0181. The summed E-state index contributed by atoms with van der Waals surface area (Å²) in [6, 6.07) is 1.83. The number of thiophene rings is 1. The first-order chi connectivity index (χ1) is 8.17. The van der Waals surface area contributed by atoms with Crippen LogP contribution in [0, 0.1) is 5.41 Å². The van der Waals surface area contributed by atoms with Crippen molar-refractivity contribution in [2.24, 2.45) is 5.41 Å². The third-order valence-corrected chi connectivity index (χ3v) is 4.23. The molecule has 0 aliphatic carbocycles. The van der Waals surface area contributed by atoms with Crippen LogP contribution in [0.25, 0.3) is 0 Å². The molecule has 0 unspecified atom stereocenters. The number of amides is 1. The quantitative estimate of drug-likeness (QED) is 0.787. The lowest BCUT2D eigenvalue weighted by Gasteiger charge is -2.31. The van der Waals surface area contributed by atoms with Gasteiger partial charge >= 0.3 is 0 Å². The third-order valence-electron chi connectivity index (χ3n) is 3.55. The highest BCUT2D eigenvalue weighted by Crippen LogP contribution is 2.29. The molecule has 1 rings (SSSR count). The molecule has 0 saturated heterocycles. The largest absolute Gasteiger partial charge is 0.396 e. The molecule has 96 valence electrons. The Morgan fingerprint density at radius 3 is 2.65 bits per heavy atom. The molecule has 0 bridgehead atoms. The van der Waals surface area contributed by atoms with Crippen LogP contribution in [0.3, 0.4) is 0 Å². The van der Waals surface area contributed by atoms with Crippen molar-refractivity contribution in [1.82, 2.24) is 5.32 Å². The Hall–Kier alpha value is -0.870. The zero-order valence-electron chi connectivity index (χ0n) is 10.5. The van der Waals surface area contributed by atoms with Crippen LogP contribution in [-0.2, 0) is 0 Å². The fourth-order valence-corrected chi connectivity index (χ4v) is 2.58. The normalized spacial score (nSPS) is 11.5. The SMILES string of the molecule is CCC(CC)(CCO)CNC(=O)c1ccsc1. The monoisotopic (exact) mass is 255 g/mol. The number of carbonyl (C=O) groups is 1. The topological polar surface area (TPSA) is 49.3 Å². The van der Waals surface area contributed by atoms with E-state index in [9.17, 15) is 4.79 Å². The van der Waals surface area contributed by atoms with E-state index in [-0.39, 0.29) is 17.9 Å². The molecule has 0 spiro atoms. The molecule has 0 saturated carbocycles. The zero-order chi connectivity index (χ0) is 12.7. The summed E-state index contributed by atoms with van der Waals surface area (Å²) in [6.45, 7) is 5.02. The van der Waals surface area contributed by atoms with E-state index in [1.165, 1.54) is 11.3 Å². The zero-order valence-corrected chi connectivity index (χ0v) is 11.3. The summed E-state index contributed by atoms with van der Waals surface area (Å²) in [5.41, 5.74) is 0.751. The number of rotatable bonds is 7. The molecule has 1 amide bonds. The summed E-state index contributed by atoms with van der Waals surface area (Å²) in [7, 11) is 0. The van der Waals surface area contributed by atoms with Gasteiger partial charge in [0.2, 0.25) is 0 Å². The van der Waals surface area contributed by atoms with Crippen molar-refractivity contribution in [3.05, 3.63) is 22.4 Å². The van der Waals surface area contributed by atoms with Gasteiger partial charge in [-0.3, -0.25) is 4.79 Å². The molecule has 1 aromatic heterocycles. The molecule has 0 atom stereocenters. The maximum absolute atomic E-state index is 11.8. The van der Waals surface area contributed by atoms with Gasteiger partial charge in [-0.25, -0.2) is 0 Å². The molecule has 0 aliphatic rings. The standard InChI is InChI=1S/C13H21NO2S/c1-3-13(4-2,6-7-15)10-14-12(16)11-5-8-17-9-11/h5,8-9,15H,3-4,6-7,10H2,1-2H3,(H,14,16). The molecule has 4 heteroatoms. The first-order valence-electron chi connectivity index (χ1n) is 6.08. The smallest absolute Gasteiger partial charge is 0.252 e. The second-order valence-corrected chi connectivity index (χ2v) is 5.16. The van der Waals surface area contributed by atoms with E-state index >= 15 is 0 Å². The minimum absolute atomic E-state index is 0.0181. The van der Waals surface area contributed by atoms with E-state index in [1.807, 2.05) is 16.8 Å². The van der Waals surface area contributed by atoms with E-state index in [1.54, 1.807) is 0 Å². The van der Waals surface area contributed by atoms with Gasteiger partial charge in [-0.1, -0.05) is 13.8 Å². The molecular formula is C13H21NO2S. The van der Waals surface area contributed by atoms with Gasteiger partial charge in [0.05, 0.1) is 0 Å². The Morgan fingerprint density at radius 2 is 2.18 bits per heavy atom. The highest BCUT2D eigenvalue weighted by atomic mass is 32.1. The van der Waals surface area contributed by atoms with Gasteiger partial charge in [0.25, 0.3) is 5.91 Å². The number of aliphatic hydroxyl groups is 1. The molecule has 0 aromatic carbocycles. The first kappa shape index (κ1) is 14.2. The summed E-state index contributed by atoms with van der Waals surface area (Å²) in [5.74, 6) is -0.0181. The van der Waals surface area contributed by atoms with Crippen molar-refractivity contribution in [1.29, 1.82) is 0 Å². The van der Waals surface area contributed by atoms with Gasteiger partial charge < -0.3 is 10.4 Å². The van der Waals surface area contributed by atoms with Crippen molar-refractivity contribution >= 4 is 17.2 Å². The van der Waals surface area contributed by atoms with Crippen LogP contribution in [0.4, 0.5) is 0 Å². The molecule has 1 heterocycles. The summed E-state index contributed by atoms with van der Waals surface area (Å²) < 4.78 is 0. The second-order valence-electron chi connectivity index (χ2n) is 4.38. The number of aliphatic hydroxyl groups excluding tert-OH is 1. The Labute approximate surface area is 107 Å². The van der Waals surface area contributed by atoms with Gasteiger partial charge in [0.1, 0.15) is 0 Å².